The second-order valence-corrected chi connectivity index (χ2v) is 8.85. The third-order valence-corrected chi connectivity index (χ3v) is 4.71. The first-order valence-corrected chi connectivity index (χ1v) is 11.0. The molecule has 0 spiro atoms. The highest BCUT2D eigenvalue weighted by Crippen LogP contribution is 2.30. The summed E-state index contributed by atoms with van der Waals surface area (Å²) >= 11 is 0. The van der Waals surface area contributed by atoms with Gasteiger partial charge in [-0.3, -0.25) is 4.79 Å². The second-order valence-electron chi connectivity index (χ2n) is 7.28. The molecule has 0 bridgehead atoms. The van der Waals surface area contributed by atoms with E-state index >= 15 is 0 Å². The molecule has 1 fully saturated rings. The molecule has 0 radical (unpaired) electrons. The Morgan fingerprint density at radius 3 is 2.63 bits per heavy atom. The van der Waals surface area contributed by atoms with Crippen LogP contribution in [0.2, 0.25) is 0 Å². The van der Waals surface area contributed by atoms with Crippen molar-refractivity contribution in [2.24, 2.45) is 5.92 Å². The quantitative estimate of drug-likeness (QED) is 0.594. The average molecular weight is 400 g/mol. The molecule has 7 nitrogen and oxygen atoms in total. The van der Waals surface area contributed by atoms with Crippen molar-refractivity contribution in [2.75, 3.05) is 26.5 Å². The Morgan fingerprint density at radius 1 is 1.33 bits per heavy atom. The first kappa shape index (κ1) is 21.5. The summed E-state index contributed by atoms with van der Waals surface area (Å²) in [6.45, 7) is 5.63. The van der Waals surface area contributed by atoms with E-state index in [1.807, 2.05) is 13.8 Å². The maximum absolute atomic E-state index is 12.7. The number of carbonyl (C=O) groups excluding carboxylic acids is 1. The largest absolute Gasteiger partial charge is 0.493 e. The van der Waals surface area contributed by atoms with Gasteiger partial charge in [-0.05, 0) is 36.5 Å². The predicted molar refractivity (Wildman–Crippen MR) is 102 cm³/mol. The van der Waals surface area contributed by atoms with Gasteiger partial charge in [0.2, 0.25) is 5.91 Å². The molecule has 0 unspecified atom stereocenters. The molecule has 1 aliphatic heterocycles. The lowest BCUT2D eigenvalue weighted by molar-refractivity contribution is -0.134. The van der Waals surface area contributed by atoms with Crippen LogP contribution in [0.4, 0.5) is 0 Å². The Hall–Kier alpha value is -1.80. The smallest absolute Gasteiger partial charge is 0.306 e. The summed E-state index contributed by atoms with van der Waals surface area (Å²) in [6, 6.07) is 5.05. The van der Waals surface area contributed by atoms with Crippen LogP contribution in [0.1, 0.15) is 38.7 Å². The van der Waals surface area contributed by atoms with Crippen LogP contribution in [0.5, 0.6) is 11.5 Å². The van der Waals surface area contributed by atoms with E-state index in [-0.39, 0.29) is 23.7 Å². The fourth-order valence-electron chi connectivity index (χ4n) is 3.04. The molecule has 1 aliphatic rings. The zero-order valence-electron chi connectivity index (χ0n) is 16.4. The number of methoxy groups -OCH3 is 1. The van der Waals surface area contributed by atoms with Gasteiger partial charge in [-0.15, -0.1) is 0 Å². The number of rotatable bonds is 9. The Bertz CT molecular complexity index is 741. The van der Waals surface area contributed by atoms with Gasteiger partial charge in [-0.1, -0.05) is 19.9 Å². The molecule has 1 saturated heterocycles. The molecule has 1 aromatic carbocycles. The van der Waals surface area contributed by atoms with E-state index in [9.17, 15) is 13.2 Å². The highest BCUT2D eigenvalue weighted by Gasteiger charge is 2.24. The van der Waals surface area contributed by atoms with Crippen LogP contribution in [0.3, 0.4) is 0 Å². The van der Waals surface area contributed by atoms with Gasteiger partial charge in [-0.2, -0.15) is 8.42 Å². The minimum absolute atomic E-state index is 0.0473. The third kappa shape index (κ3) is 7.03. The highest BCUT2D eigenvalue weighted by atomic mass is 32.2. The van der Waals surface area contributed by atoms with E-state index in [1.165, 1.54) is 7.11 Å². The summed E-state index contributed by atoms with van der Waals surface area (Å²) in [5, 5.41) is 0. The molecule has 1 heterocycles. The van der Waals surface area contributed by atoms with Crippen LogP contribution in [0.15, 0.2) is 18.2 Å². The van der Waals surface area contributed by atoms with Crippen LogP contribution in [0, 0.1) is 5.92 Å². The molecule has 152 valence electrons. The fourth-order valence-corrected chi connectivity index (χ4v) is 3.49. The second kappa shape index (κ2) is 9.41. The van der Waals surface area contributed by atoms with Crippen LogP contribution in [0.25, 0.3) is 0 Å². The van der Waals surface area contributed by atoms with E-state index in [2.05, 4.69) is 0 Å². The van der Waals surface area contributed by atoms with Crippen LogP contribution >= 0.6 is 0 Å². The standard InChI is InChI=1S/C19H29NO6S/c1-14(2)10-19(21)20(13-16-6-5-9-25-16)12-15-7-8-17(24-3)18(11-15)26-27(4,22)23/h7-8,11,14,16H,5-6,9-10,12-13H2,1-4H3/t16-/m1/s1. The Labute approximate surface area is 161 Å². The van der Waals surface area contributed by atoms with Crippen molar-refractivity contribution in [1.29, 1.82) is 0 Å². The van der Waals surface area contributed by atoms with Gasteiger partial charge in [0.25, 0.3) is 0 Å². The first-order chi connectivity index (χ1) is 12.7. The maximum Gasteiger partial charge on any atom is 0.306 e. The summed E-state index contributed by atoms with van der Waals surface area (Å²) in [4.78, 5) is 14.5. The summed E-state index contributed by atoms with van der Waals surface area (Å²) in [5.74, 6) is 0.751. The van der Waals surface area contributed by atoms with E-state index in [1.54, 1.807) is 23.1 Å². The summed E-state index contributed by atoms with van der Waals surface area (Å²) in [5.41, 5.74) is 0.768. The van der Waals surface area contributed by atoms with E-state index in [4.69, 9.17) is 13.7 Å². The Morgan fingerprint density at radius 2 is 2.07 bits per heavy atom. The monoisotopic (exact) mass is 399 g/mol. The normalized spacial score (nSPS) is 17.1. The van der Waals surface area contributed by atoms with E-state index < -0.39 is 10.1 Å². The summed E-state index contributed by atoms with van der Waals surface area (Å²) in [6.07, 6.45) is 3.43. The molecule has 0 aliphatic carbocycles. The average Bonchev–Trinajstić information content (AvgIpc) is 3.05. The molecular formula is C19H29NO6S. The number of carbonyl (C=O) groups is 1. The number of amides is 1. The predicted octanol–water partition coefficient (Wildman–Crippen LogP) is 2.59. The third-order valence-electron chi connectivity index (χ3n) is 4.23. The van der Waals surface area contributed by atoms with Gasteiger partial charge in [0, 0.05) is 26.1 Å². The number of hydrogen-bond acceptors (Lipinski definition) is 6. The van der Waals surface area contributed by atoms with Crippen molar-refractivity contribution < 1.29 is 26.9 Å². The van der Waals surface area contributed by atoms with E-state index in [0.29, 0.717) is 25.3 Å². The fraction of sp³-hybridized carbons (Fsp3) is 0.632. The van der Waals surface area contributed by atoms with Crippen LogP contribution in [-0.2, 0) is 26.2 Å². The molecule has 0 aromatic heterocycles. The topological polar surface area (TPSA) is 82.1 Å². The van der Waals surface area contributed by atoms with Gasteiger partial charge in [0.05, 0.1) is 19.5 Å². The van der Waals surface area contributed by atoms with Crippen LogP contribution < -0.4 is 8.92 Å². The molecular weight excluding hydrogens is 370 g/mol. The molecule has 0 saturated carbocycles. The van der Waals surface area contributed by atoms with Crippen molar-refractivity contribution >= 4 is 16.0 Å². The number of ether oxygens (including phenoxy) is 2. The van der Waals surface area contributed by atoms with Crippen molar-refractivity contribution in [2.45, 2.75) is 45.8 Å². The van der Waals surface area contributed by atoms with Crippen molar-refractivity contribution in [3.63, 3.8) is 0 Å². The van der Waals surface area contributed by atoms with Gasteiger partial charge in [-0.25, -0.2) is 0 Å². The zero-order valence-corrected chi connectivity index (χ0v) is 17.3. The van der Waals surface area contributed by atoms with Gasteiger partial charge >= 0.3 is 10.1 Å². The van der Waals surface area contributed by atoms with Crippen molar-refractivity contribution in [3.8, 4) is 11.5 Å². The lowest BCUT2D eigenvalue weighted by Crippen LogP contribution is -2.37. The number of nitrogens with zero attached hydrogens (tertiary/aromatic N) is 1. The van der Waals surface area contributed by atoms with Gasteiger partial charge in [0.15, 0.2) is 11.5 Å². The Balaban J connectivity index is 2.21. The minimum Gasteiger partial charge on any atom is -0.493 e. The molecule has 1 aromatic rings. The van der Waals surface area contributed by atoms with E-state index in [0.717, 1.165) is 31.3 Å². The number of hydrogen-bond donors (Lipinski definition) is 0. The minimum atomic E-state index is -3.69. The van der Waals surface area contributed by atoms with Crippen molar-refractivity contribution in [3.05, 3.63) is 23.8 Å². The van der Waals surface area contributed by atoms with Crippen LogP contribution in [-0.4, -0.2) is 51.8 Å². The molecule has 0 N–H and O–H groups in total. The maximum atomic E-state index is 12.7. The summed E-state index contributed by atoms with van der Waals surface area (Å²) < 4.78 is 38.9. The summed E-state index contributed by atoms with van der Waals surface area (Å²) in [7, 11) is -2.24. The molecule has 2 rings (SSSR count). The lowest BCUT2D eigenvalue weighted by atomic mass is 10.1. The highest BCUT2D eigenvalue weighted by molar-refractivity contribution is 7.86. The molecule has 1 amide bonds. The zero-order chi connectivity index (χ0) is 20.0. The van der Waals surface area contributed by atoms with Crippen molar-refractivity contribution in [1.82, 2.24) is 4.90 Å². The molecule has 8 heteroatoms. The molecule has 1 atom stereocenters. The lowest BCUT2D eigenvalue weighted by Gasteiger charge is -2.26. The Kier molecular flexibility index (Phi) is 7.49. The first-order valence-electron chi connectivity index (χ1n) is 9.13. The molecule has 27 heavy (non-hydrogen) atoms. The van der Waals surface area contributed by atoms with Gasteiger partial charge < -0.3 is 18.6 Å². The number of benzene rings is 1. The SMILES string of the molecule is COc1ccc(CN(C[C@H]2CCCO2)C(=O)CC(C)C)cc1OS(C)(=O)=O. The van der Waals surface area contributed by atoms with Gasteiger partial charge in [0.1, 0.15) is 0 Å².